The molecule has 3 aromatic carbocycles. The zero-order chi connectivity index (χ0) is 26.6. The lowest BCUT2D eigenvalue weighted by molar-refractivity contribution is -0.0647. The molecule has 196 valence electrons. The normalized spacial score (nSPS) is 12.6. The van der Waals surface area contributed by atoms with Crippen molar-refractivity contribution in [3.05, 3.63) is 114 Å². The van der Waals surface area contributed by atoms with Crippen molar-refractivity contribution in [2.45, 2.75) is 52.1 Å². The number of hydrogen-bond acceptors (Lipinski definition) is 5. The third kappa shape index (κ3) is 8.69. The van der Waals surface area contributed by atoms with E-state index in [2.05, 4.69) is 98.6 Å². The lowest BCUT2D eigenvalue weighted by Crippen LogP contribution is -2.11. The molecule has 5 heteroatoms. The fourth-order valence-electron chi connectivity index (χ4n) is 4.03. The first-order chi connectivity index (χ1) is 17.9. The van der Waals surface area contributed by atoms with Gasteiger partial charge in [0.15, 0.2) is 12.6 Å². The molecule has 0 saturated carbocycles. The zero-order valence-electron chi connectivity index (χ0n) is 22.0. The second-order valence-corrected chi connectivity index (χ2v) is 9.14. The molecular weight excluding hydrogens is 462 g/mol. The van der Waals surface area contributed by atoms with Gasteiger partial charge < -0.3 is 24.6 Å². The minimum atomic E-state index is -0.904. The monoisotopic (exact) mass is 501 g/mol. The Morgan fingerprint density at radius 3 is 1.51 bits per heavy atom. The van der Waals surface area contributed by atoms with Gasteiger partial charge in [0.1, 0.15) is 0 Å². The van der Waals surface area contributed by atoms with Crippen LogP contribution < -0.4 is 4.90 Å². The van der Waals surface area contributed by atoms with E-state index in [1.807, 2.05) is 0 Å². The van der Waals surface area contributed by atoms with Gasteiger partial charge in [-0.3, -0.25) is 0 Å². The molecule has 2 N–H and O–H groups in total. The minimum Gasteiger partial charge on any atom is -0.365 e. The average Bonchev–Trinajstić information content (AvgIpc) is 2.92. The van der Waals surface area contributed by atoms with Crippen LogP contribution in [0.15, 0.2) is 92.0 Å². The Bertz CT molecular complexity index is 1060. The van der Waals surface area contributed by atoms with Crippen LogP contribution in [0.1, 0.15) is 35.1 Å². The summed E-state index contributed by atoms with van der Waals surface area (Å²) in [5.41, 5.74) is 8.25. The Morgan fingerprint density at radius 2 is 1.11 bits per heavy atom. The fourth-order valence-corrected chi connectivity index (χ4v) is 4.03. The highest BCUT2D eigenvalue weighted by Gasteiger charge is 2.13. The molecule has 0 aliphatic carbocycles. The molecule has 0 bridgehead atoms. The Balaban J connectivity index is 1.74. The van der Waals surface area contributed by atoms with Crippen molar-refractivity contribution in [1.29, 1.82) is 0 Å². The van der Waals surface area contributed by atoms with Gasteiger partial charge in [0.05, 0.1) is 13.2 Å². The van der Waals surface area contributed by atoms with E-state index < -0.39 is 12.6 Å². The van der Waals surface area contributed by atoms with Crippen LogP contribution in [0.4, 0.5) is 17.1 Å². The number of aliphatic hydroxyl groups is 2. The third-order valence-electron chi connectivity index (χ3n) is 6.34. The van der Waals surface area contributed by atoms with E-state index in [9.17, 15) is 10.2 Å². The minimum absolute atomic E-state index is 0.483. The highest BCUT2D eigenvalue weighted by molar-refractivity contribution is 5.77. The van der Waals surface area contributed by atoms with Crippen LogP contribution in [0, 0.1) is 13.8 Å². The molecule has 37 heavy (non-hydrogen) atoms. The van der Waals surface area contributed by atoms with E-state index in [1.54, 1.807) is 0 Å². The zero-order valence-corrected chi connectivity index (χ0v) is 22.0. The summed E-state index contributed by atoms with van der Waals surface area (Å²) in [6.45, 7) is 12.3. The standard InChI is InChI=1S/C32H39NO4/c1-5-31(34)36-21-7-9-26-12-17-28(18-13-26)33(30-16-11-24(3)25(4)23-30)29-19-14-27(15-20-29)10-8-22-37-32(35)6-2/h5-6,11-20,23,31-32,34-35H,1-2,7-10,21-22H2,3-4H3/t31-,32-/m1/s1. The van der Waals surface area contributed by atoms with E-state index in [-0.39, 0.29) is 0 Å². The fraction of sp³-hybridized carbons (Fsp3) is 0.312. The largest absolute Gasteiger partial charge is 0.365 e. The molecule has 3 aromatic rings. The molecule has 0 aliphatic rings. The topological polar surface area (TPSA) is 62.2 Å². The number of rotatable bonds is 15. The first-order valence-corrected chi connectivity index (χ1v) is 12.8. The van der Waals surface area contributed by atoms with Crippen LogP contribution in [0.2, 0.25) is 0 Å². The van der Waals surface area contributed by atoms with E-state index in [0.29, 0.717) is 13.2 Å². The number of ether oxygens (including phenoxy) is 2. The van der Waals surface area contributed by atoms with Crippen molar-refractivity contribution in [3.8, 4) is 0 Å². The Hall–Kier alpha value is -3.22. The maximum Gasteiger partial charge on any atom is 0.173 e. The summed E-state index contributed by atoms with van der Waals surface area (Å²) in [7, 11) is 0. The van der Waals surface area contributed by atoms with E-state index >= 15 is 0 Å². The molecule has 0 saturated heterocycles. The van der Waals surface area contributed by atoms with Gasteiger partial charge >= 0.3 is 0 Å². The summed E-state index contributed by atoms with van der Waals surface area (Å²) in [6.07, 6.45) is 4.34. The number of anilines is 3. The summed E-state index contributed by atoms with van der Waals surface area (Å²) in [6, 6.07) is 23.8. The summed E-state index contributed by atoms with van der Waals surface area (Å²) in [5, 5.41) is 18.9. The van der Waals surface area contributed by atoms with Gasteiger partial charge in [0.25, 0.3) is 0 Å². The van der Waals surface area contributed by atoms with Gasteiger partial charge in [-0.05, 0) is 110 Å². The van der Waals surface area contributed by atoms with Crippen molar-refractivity contribution in [2.24, 2.45) is 0 Å². The molecule has 0 heterocycles. The molecule has 0 fully saturated rings. The molecule has 3 rings (SSSR count). The van der Waals surface area contributed by atoms with Crippen molar-refractivity contribution in [3.63, 3.8) is 0 Å². The van der Waals surface area contributed by atoms with E-state index in [1.165, 1.54) is 34.4 Å². The maximum atomic E-state index is 9.44. The molecule has 0 aromatic heterocycles. The van der Waals surface area contributed by atoms with Crippen LogP contribution in [-0.2, 0) is 22.3 Å². The molecular formula is C32H39NO4. The van der Waals surface area contributed by atoms with Gasteiger partial charge in [-0.15, -0.1) is 0 Å². The molecule has 0 aliphatic heterocycles. The van der Waals surface area contributed by atoms with Crippen molar-refractivity contribution in [2.75, 3.05) is 18.1 Å². The lowest BCUT2D eigenvalue weighted by atomic mass is 10.1. The number of nitrogens with zero attached hydrogens (tertiary/aromatic N) is 1. The predicted molar refractivity (Wildman–Crippen MR) is 152 cm³/mol. The second kappa shape index (κ2) is 14.5. The van der Waals surface area contributed by atoms with Crippen molar-refractivity contribution in [1.82, 2.24) is 0 Å². The molecule has 0 amide bonds. The maximum absolute atomic E-state index is 9.44. The van der Waals surface area contributed by atoms with Crippen LogP contribution in [-0.4, -0.2) is 36.0 Å². The molecule has 0 unspecified atom stereocenters. The summed E-state index contributed by atoms with van der Waals surface area (Å²) < 4.78 is 10.5. The predicted octanol–water partition coefficient (Wildman–Crippen LogP) is 6.68. The van der Waals surface area contributed by atoms with Crippen LogP contribution in [0.5, 0.6) is 0 Å². The Morgan fingerprint density at radius 1 is 0.676 bits per heavy atom. The third-order valence-corrected chi connectivity index (χ3v) is 6.34. The highest BCUT2D eigenvalue weighted by Crippen LogP contribution is 2.35. The smallest absolute Gasteiger partial charge is 0.173 e. The highest BCUT2D eigenvalue weighted by atomic mass is 16.6. The number of aliphatic hydroxyl groups excluding tert-OH is 2. The molecule has 5 nitrogen and oxygen atoms in total. The first kappa shape index (κ1) is 28.4. The lowest BCUT2D eigenvalue weighted by Gasteiger charge is -2.26. The summed E-state index contributed by atoms with van der Waals surface area (Å²) >= 11 is 0. The van der Waals surface area contributed by atoms with Gasteiger partial charge in [-0.2, -0.15) is 0 Å². The summed E-state index contributed by atoms with van der Waals surface area (Å²) in [5.74, 6) is 0. The number of hydrogen-bond donors (Lipinski definition) is 2. The van der Waals surface area contributed by atoms with Crippen LogP contribution in [0.3, 0.4) is 0 Å². The first-order valence-electron chi connectivity index (χ1n) is 12.8. The van der Waals surface area contributed by atoms with Gasteiger partial charge in [-0.25, -0.2) is 0 Å². The Labute approximate surface area is 221 Å². The number of benzene rings is 3. The SMILES string of the molecule is C=C[C@H](O)OCCCc1ccc(N(c2ccc(CCCO[C@@H](O)C=C)cc2)c2ccc(C)c(C)c2)cc1. The molecule has 0 spiro atoms. The van der Waals surface area contributed by atoms with E-state index in [0.717, 1.165) is 42.7 Å². The van der Waals surface area contributed by atoms with Gasteiger partial charge in [-0.1, -0.05) is 43.5 Å². The van der Waals surface area contributed by atoms with Crippen molar-refractivity contribution >= 4 is 17.1 Å². The number of aryl methyl sites for hydroxylation is 4. The Kier molecular flexibility index (Phi) is 11.1. The van der Waals surface area contributed by atoms with Crippen LogP contribution in [0.25, 0.3) is 0 Å². The van der Waals surface area contributed by atoms with E-state index in [4.69, 9.17) is 9.47 Å². The summed E-state index contributed by atoms with van der Waals surface area (Å²) in [4.78, 5) is 2.27. The van der Waals surface area contributed by atoms with Gasteiger partial charge in [0, 0.05) is 17.1 Å². The van der Waals surface area contributed by atoms with Crippen molar-refractivity contribution < 1.29 is 19.7 Å². The quantitative estimate of drug-likeness (QED) is 0.138. The molecule has 0 radical (unpaired) electrons. The average molecular weight is 502 g/mol. The van der Waals surface area contributed by atoms with Gasteiger partial charge in [0.2, 0.25) is 0 Å². The van der Waals surface area contributed by atoms with Crippen LogP contribution >= 0.6 is 0 Å². The second-order valence-electron chi connectivity index (χ2n) is 9.14. The molecule has 2 atom stereocenters.